The third-order valence-corrected chi connectivity index (χ3v) is 3.39. The number of anilines is 1. The lowest BCUT2D eigenvalue weighted by atomic mass is 10.1. The van der Waals surface area contributed by atoms with Crippen molar-refractivity contribution >= 4 is 5.82 Å². The average molecular weight is 267 g/mol. The van der Waals surface area contributed by atoms with E-state index in [0.717, 1.165) is 18.1 Å². The smallest absolute Gasteiger partial charge is 0.256 e. The lowest BCUT2D eigenvalue weighted by molar-refractivity contribution is 0.683. The summed E-state index contributed by atoms with van der Waals surface area (Å²) >= 11 is 0. The van der Waals surface area contributed by atoms with Crippen LogP contribution in [0.2, 0.25) is 0 Å². The molecule has 0 bridgehead atoms. The van der Waals surface area contributed by atoms with Crippen LogP contribution in [-0.4, -0.2) is 21.5 Å². The van der Waals surface area contributed by atoms with Crippen LogP contribution >= 0.6 is 0 Å². The molecule has 2 aromatic heterocycles. The van der Waals surface area contributed by atoms with Crippen molar-refractivity contribution in [1.29, 1.82) is 5.26 Å². The standard InChI is InChI=1S/C14H13N5O/c1-9-17-12-3-5-19(8-11(12)14(20)18-9)13-6-10(7-15)2-4-16-13/h2,4,6H,3,5,8H2,1H3,(H,17,18,20). The zero-order valence-corrected chi connectivity index (χ0v) is 11.1. The van der Waals surface area contributed by atoms with Crippen molar-refractivity contribution in [2.24, 2.45) is 0 Å². The summed E-state index contributed by atoms with van der Waals surface area (Å²) in [6, 6.07) is 5.50. The second kappa shape index (κ2) is 4.78. The van der Waals surface area contributed by atoms with Crippen LogP contribution in [-0.2, 0) is 13.0 Å². The minimum atomic E-state index is -0.0892. The highest BCUT2D eigenvalue weighted by molar-refractivity contribution is 5.47. The Morgan fingerprint density at radius 1 is 1.50 bits per heavy atom. The highest BCUT2D eigenvalue weighted by Gasteiger charge is 2.21. The van der Waals surface area contributed by atoms with E-state index in [0.29, 0.717) is 29.9 Å². The summed E-state index contributed by atoms with van der Waals surface area (Å²) in [5, 5.41) is 8.93. The molecule has 0 aliphatic carbocycles. The molecule has 1 aliphatic rings. The molecular formula is C14H13N5O. The monoisotopic (exact) mass is 267 g/mol. The number of fused-ring (bicyclic) bond motifs is 1. The molecule has 3 rings (SSSR count). The van der Waals surface area contributed by atoms with Gasteiger partial charge in [-0.2, -0.15) is 5.26 Å². The molecule has 1 N–H and O–H groups in total. The van der Waals surface area contributed by atoms with Crippen LogP contribution in [0.5, 0.6) is 0 Å². The minimum Gasteiger partial charge on any atom is -0.352 e. The Bertz CT molecular complexity index is 759. The molecule has 0 spiro atoms. The molecule has 0 unspecified atom stereocenters. The highest BCUT2D eigenvalue weighted by atomic mass is 16.1. The number of aryl methyl sites for hydroxylation is 1. The number of nitrogens with zero attached hydrogens (tertiary/aromatic N) is 4. The molecule has 0 radical (unpaired) electrons. The Hall–Kier alpha value is -2.68. The third kappa shape index (κ3) is 2.14. The first-order valence-corrected chi connectivity index (χ1v) is 6.37. The summed E-state index contributed by atoms with van der Waals surface area (Å²) < 4.78 is 0. The zero-order chi connectivity index (χ0) is 14.1. The van der Waals surface area contributed by atoms with E-state index >= 15 is 0 Å². The van der Waals surface area contributed by atoms with E-state index in [1.54, 1.807) is 25.3 Å². The molecule has 2 aromatic rings. The first-order chi connectivity index (χ1) is 9.67. The second-order valence-electron chi connectivity index (χ2n) is 4.76. The molecule has 0 atom stereocenters. The summed E-state index contributed by atoms with van der Waals surface area (Å²) in [5.41, 5.74) is 2.02. The molecule has 6 heteroatoms. The number of aromatic nitrogens is 3. The number of H-pyrrole nitrogens is 1. The second-order valence-corrected chi connectivity index (χ2v) is 4.76. The SMILES string of the molecule is Cc1nc2c(c(=O)[nH]1)CN(c1cc(C#N)ccn1)CC2. The van der Waals surface area contributed by atoms with Crippen LogP contribution in [0.4, 0.5) is 5.82 Å². The normalized spacial score (nSPS) is 13.7. The van der Waals surface area contributed by atoms with Crippen molar-refractivity contribution in [3.8, 4) is 6.07 Å². The van der Waals surface area contributed by atoms with Gasteiger partial charge < -0.3 is 9.88 Å². The van der Waals surface area contributed by atoms with Gasteiger partial charge in [-0.3, -0.25) is 4.79 Å². The summed E-state index contributed by atoms with van der Waals surface area (Å²) in [6.07, 6.45) is 2.32. The van der Waals surface area contributed by atoms with Gasteiger partial charge >= 0.3 is 0 Å². The highest BCUT2D eigenvalue weighted by Crippen LogP contribution is 2.20. The largest absolute Gasteiger partial charge is 0.352 e. The van der Waals surface area contributed by atoms with Crippen LogP contribution < -0.4 is 10.5 Å². The van der Waals surface area contributed by atoms with E-state index in [1.165, 1.54) is 0 Å². The van der Waals surface area contributed by atoms with Crippen molar-refractivity contribution in [3.05, 3.63) is 51.3 Å². The number of hydrogen-bond donors (Lipinski definition) is 1. The topological polar surface area (TPSA) is 85.7 Å². The molecular weight excluding hydrogens is 254 g/mol. The summed E-state index contributed by atoms with van der Waals surface area (Å²) in [5.74, 6) is 1.36. The number of aromatic amines is 1. The zero-order valence-electron chi connectivity index (χ0n) is 11.1. The van der Waals surface area contributed by atoms with Crippen molar-refractivity contribution in [2.45, 2.75) is 19.9 Å². The van der Waals surface area contributed by atoms with Gasteiger partial charge in [0.15, 0.2) is 0 Å². The summed E-state index contributed by atoms with van der Waals surface area (Å²) in [6.45, 7) is 3.00. The Morgan fingerprint density at radius 3 is 3.15 bits per heavy atom. The van der Waals surface area contributed by atoms with Gasteiger partial charge in [-0.05, 0) is 19.1 Å². The maximum absolute atomic E-state index is 12.0. The fraction of sp³-hybridized carbons (Fsp3) is 0.286. The number of pyridine rings is 1. The molecule has 100 valence electrons. The van der Waals surface area contributed by atoms with Crippen LogP contribution in [0.3, 0.4) is 0 Å². The van der Waals surface area contributed by atoms with E-state index in [-0.39, 0.29) is 5.56 Å². The van der Waals surface area contributed by atoms with E-state index in [2.05, 4.69) is 21.0 Å². The Kier molecular flexibility index (Phi) is 2.95. The van der Waals surface area contributed by atoms with Crippen LogP contribution in [0.1, 0.15) is 22.6 Å². The maximum atomic E-state index is 12.0. The number of hydrogen-bond acceptors (Lipinski definition) is 5. The lowest BCUT2D eigenvalue weighted by Crippen LogP contribution is -2.36. The molecule has 3 heterocycles. The Morgan fingerprint density at radius 2 is 2.35 bits per heavy atom. The molecule has 6 nitrogen and oxygen atoms in total. The van der Waals surface area contributed by atoms with Crippen molar-refractivity contribution in [3.63, 3.8) is 0 Å². The van der Waals surface area contributed by atoms with Gasteiger partial charge in [0.1, 0.15) is 11.6 Å². The molecule has 0 aromatic carbocycles. The van der Waals surface area contributed by atoms with E-state index in [9.17, 15) is 4.79 Å². The third-order valence-electron chi connectivity index (χ3n) is 3.39. The van der Waals surface area contributed by atoms with Gasteiger partial charge in [0.2, 0.25) is 0 Å². The molecule has 0 amide bonds. The van der Waals surface area contributed by atoms with Gasteiger partial charge in [0, 0.05) is 19.2 Å². The van der Waals surface area contributed by atoms with E-state index in [1.807, 2.05) is 4.90 Å². The van der Waals surface area contributed by atoms with Gasteiger partial charge in [-0.1, -0.05) is 0 Å². The molecule has 20 heavy (non-hydrogen) atoms. The van der Waals surface area contributed by atoms with E-state index < -0.39 is 0 Å². The van der Waals surface area contributed by atoms with Crippen molar-refractivity contribution in [1.82, 2.24) is 15.0 Å². The van der Waals surface area contributed by atoms with Gasteiger partial charge in [-0.15, -0.1) is 0 Å². The number of nitriles is 1. The van der Waals surface area contributed by atoms with Gasteiger partial charge in [-0.25, -0.2) is 9.97 Å². The van der Waals surface area contributed by atoms with Gasteiger partial charge in [0.05, 0.1) is 29.4 Å². The average Bonchev–Trinajstić information content (AvgIpc) is 2.47. The predicted molar refractivity (Wildman–Crippen MR) is 73.3 cm³/mol. The lowest BCUT2D eigenvalue weighted by Gasteiger charge is -2.28. The fourth-order valence-electron chi connectivity index (χ4n) is 2.41. The van der Waals surface area contributed by atoms with Gasteiger partial charge in [0.25, 0.3) is 5.56 Å². The molecule has 0 saturated carbocycles. The summed E-state index contributed by atoms with van der Waals surface area (Å²) in [4.78, 5) is 25.4. The number of rotatable bonds is 1. The molecule has 0 fully saturated rings. The predicted octanol–water partition coefficient (Wildman–Crippen LogP) is 0.908. The Labute approximate surface area is 115 Å². The maximum Gasteiger partial charge on any atom is 0.256 e. The minimum absolute atomic E-state index is 0.0892. The van der Waals surface area contributed by atoms with E-state index in [4.69, 9.17) is 5.26 Å². The van der Waals surface area contributed by atoms with Crippen molar-refractivity contribution in [2.75, 3.05) is 11.4 Å². The quantitative estimate of drug-likeness (QED) is 0.830. The van der Waals surface area contributed by atoms with Crippen molar-refractivity contribution < 1.29 is 0 Å². The summed E-state index contributed by atoms with van der Waals surface area (Å²) in [7, 11) is 0. The van der Waals surface area contributed by atoms with Crippen LogP contribution in [0.15, 0.2) is 23.1 Å². The van der Waals surface area contributed by atoms with Crippen LogP contribution in [0.25, 0.3) is 0 Å². The fourth-order valence-corrected chi connectivity index (χ4v) is 2.41. The number of nitrogens with one attached hydrogen (secondary N) is 1. The molecule has 1 aliphatic heterocycles. The molecule has 0 saturated heterocycles. The first kappa shape index (κ1) is 12.4. The first-order valence-electron chi connectivity index (χ1n) is 6.37. The Balaban J connectivity index is 1.96. The van der Waals surface area contributed by atoms with Crippen LogP contribution in [0, 0.1) is 18.3 Å².